The summed E-state index contributed by atoms with van der Waals surface area (Å²) in [6, 6.07) is 2.08. The second-order valence-corrected chi connectivity index (χ2v) is 8.54. The average Bonchev–Trinajstić information content (AvgIpc) is 2.84. The predicted molar refractivity (Wildman–Crippen MR) is 91.4 cm³/mol. The normalized spacial score (nSPS) is 19.6. The van der Waals surface area contributed by atoms with E-state index in [0.29, 0.717) is 12.1 Å². The van der Waals surface area contributed by atoms with E-state index in [-0.39, 0.29) is 15.6 Å². The molecule has 2 rings (SSSR count). The quantitative estimate of drug-likeness (QED) is 0.546. The fourth-order valence-corrected chi connectivity index (χ4v) is 3.82. The second-order valence-electron chi connectivity index (χ2n) is 5.37. The summed E-state index contributed by atoms with van der Waals surface area (Å²) in [7, 11) is -3.82. The molecule has 0 aliphatic carbocycles. The van der Waals surface area contributed by atoms with Crippen LogP contribution in [0.1, 0.15) is 17.5 Å². The lowest BCUT2D eigenvalue weighted by atomic mass is 10.1. The van der Waals surface area contributed by atoms with E-state index < -0.39 is 45.1 Å². The minimum Gasteiger partial charge on any atom is -0.481 e. The third-order valence-corrected chi connectivity index (χ3v) is 5.46. The molecule has 0 spiro atoms. The van der Waals surface area contributed by atoms with Crippen LogP contribution in [-0.2, 0) is 25.6 Å². The highest BCUT2D eigenvalue weighted by atomic mass is 32.2. The maximum absolute atomic E-state index is 12.8. The van der Waals surface area contributed by atoms with Gasteiger partial charge in [-0.3, -0.25) is 9.59 Å². The van der Waals surface area contributed by atoms with Crippen LogP contribution in [0, 0.1) is 0 Å². The number of halogens is 3. The fraction of sp³-hybridized carbons (Fsp3) is 0.286. The van der Waals surface area contributed by atoms with E-state index in [9.17, 15) is 31.2 Å². The number of hydrogen-bond donors (Lipinski definition) is 2. The Morgan fingerprint density at radius 2 is 2.07 bits per heavy atom. The number of carbonyl (C=O) groups is 2. The summed E-state index contributed by atoms with van der Waals surface area (Å²) in [5.74, 6) is -1.78. The van der Waals surface area contributed by atoms with Gasteiger partial charge in [0.1, 0.15) is 5.25 Å². The SMILES string of the molecule is CS(=O)(=O)c1ccc(C(F)(F)F)cc1C=NN=C1NC(=O)C(CC(=O)O)S1. The Morgan fingerprint density at radius 1 is 1.41 bits per heavy atom. The number of benzene rings is 1. The van der Waals surface area contributed by atoms with Gasteiger partial charge in [-0.1, -0.05) is 11.8 Å². The number of amides is 1. The molecule has 1 amide bonds. The molecule has 1 aliphatic rings. The summed E-state index contributed by atoms with van der Waals surface area (Å²) in [6.45, 7) is 0. The number of nitrogens with one attached hydrogen (secondary N) is 1. The average molecular weight is 423 g/mol. The fourth-order valence-electron chi connectivity index (χ4n) is 2.05. The molecule has 146 valence electrons. The van der Waals surface area contributed by atoms with Crippen molar-refractivity contribution in [3.63, 3.8) is 0 Å². The molecule has 27 heavy (non-hydrogen) atoms. The van der Waals surface area contributed by atoms with Crippen LogP contribution in [0.25, 0.3) is 0 Å². The van der Waals surface area contributed by atoms with Gasteiger partial charge in [-0.15, -0.1) is 5.10 Å². The van der Waals surface area contributed by atoms with Crippen molar-refractivity contribution in [1.82, 2.24) is 5.32 Å². The largest absolute Gasteiger partial charge is 0.481 e. The highest BCUT2D eigenvalue weighted by molar-refractivity contribution is 8.15. The number of aliphatic carboxylic acids is 1. The summed E-state index contributed by atoms with van der Waals surface area (Å²) in [6.07, 6.45) is -3.47. The molecule has 1 aromatic rings. The first-order valence-electron chi connectivity index (χ1n) is 7.09. The van der Waals surface area contributed by atoms with Gasteiger partial charge in [0.25, 0.3) is 0 Å². The molecule has 2 N–H and O–H groups in total. The second kappa shape index (κ2) is 7.68. The summed E-state index contributed by atoms with van der Waals surface area (Å²) in [5, 5.41) is 17.1. The van der Waals surface area contributed by atoms with Crippen molar-refractivity contribution in [3.8, 4) is 0 Å². The number of carbonyl (C=O) groups excluding carboxylic acids is 1. The van der Waals surface area contributed by atoms with E-state index >= 15 is 0 Å². The van der Waals surface area contributed by atoms with E-state index in [2.05, 4.69) is 15.5 Å². The van der Waals surface area contributed by atoms with Crippen molar-refractivity contribution in [2.75, 3.05) is 6.26 Å². The van der Waals surface area contributed by atoms with Crippen molar-refractivity contribution < 1.29 is 36.3 Å². The van der Waals surface area contributed by atoms with Gasteiger partial charge in [0.2, 0.25) is 5.91 Å². The molecule has 1 saturated heterocycles. The van der Waals surface area contributed by atoms with Crippen molar-refractivity contribution in [2.24, 2.45) is 10.2 Å². The van der Waals surface area contributed by atoms with Crippen molar-refractivity contribution in [3.05, 3.63) is 29.3 Å². The van der Waals surface area contributed by atoms with Crippen molar-refractivity contribution >= 4 is 44.9 Å². The molecule has 1 aliphatic heterocycles. The molecule has 1 fully saturated rings. The molecule has 1 unspecified atom stereocenters. The zero-order valence-corrected chi connectivity index (χ0v) is 15.2. The number of amidine groups is 1. The number of nitrogens with zero attached hydrogens (tertiary/aromatic N) is 2. The summed E-state index contributed by atoms with van der Waals surface area (Å²) < 4.78 is 62.0. The lowest BCUT2D eigenvalue weighted by Gasteiger charge is -2.09. The van der Waals surface area contributed by atoms with E-state index in [1.165, 1.54) is 0 Å². The number of rotatable bonds is 5. The van der Waals surface area contributed by atoms with Crippen LogP contribution in [0.2, 0.25) is 0 Å². The minimum absolute atomic E-state index is 0.0459. The third-order valence-electron chi connectivity index (χ3n) is 3.22. The summed E-state index contributed by atoms with van der Waals surface area (Å²) in [5.41, 5.74) is -1.39. The van der Waals surface area contributed by atoms with E-state index in [1.807, 2.05) is 0 Å². The molecule has 8 nitrogen and oxygen atoms in total. The summed E-state index contributed by atoms with van der Waals surface area (Å²) in [4.78, 5) is 21.8. The van der Waals surface area contributed by atoms with E-state index in [4.69, 9.17) is 5.11 Å². The van der Waals surface area contributed by atoms with Crippen molar-refractivity contribution in [1.29, 1.82) is 0 Å². The first-order chi connectivity index (χ1) is 12.4. The molecular weight excluding hydrogens is 411 g/mol. The zero-order valence-electron chi connectivity index (χ0n) is 13.5. The topological polar surface area (TPSA) is 125 Å². The zero-order chi connectivity index (χ0) is 20.4. The van der Waals surface area contributed by atoms with Crippen LogP contribution in [-0.4, -0.2) is 48.3 Å². The maximum Gasteiger partial charge on any atom is 0.416 e. The Kier molecular flexibility index (Phi) is 5.94. The Morgan fingerprint density at radius 3 is 2.63 bits per heavy atom. The minimum atomic E-state index is -4.68. The molecule has 0 bridgehead atoms. The van der Waals surface area contributed by atoms with Gasteiger partial charge in [-0.25, -0.2) is 8.42 Å². The van der Waals surface area contributed by atoms with Crippen LogP contribution in [0.15, 0.2) is 33.3 Å². The highest BCUT2D eigenvalue weighted by Gasteiger charge is 2.33. The lowest BCUT2D eigenvalue weighted by molar-refractivity contribution is -0.138. The van der Waals surface area contributed by atoms with E-state index in [1.54, 1.807) is 0 Å². The van der Waals surface area contributed by atoms with Gasteiger partial charge in [0.05, 0.1) is 23.1 Å². The molecule has 1 atom stereocenters. The molecule has 1 aromatic carbocycles. The Bertz CT molecular complexity index is 942. The third kappa shape index (κ3) is 5.53. The lowest BCUT2D eigenvalue weighted by Crippen LogP contribution is -2.26. The Labute approximate surface area is 155 Å². The van der Waals surface area contributed by atoms with Gasteiger partial charge in [0, 0.05) is 11.8 Å². The van der Waals surface area contributed by atoms with Gasteiger partial charge in [-0.2, -0.15) is 18.3 Å². The molecule has 1 heterocycles. The van der Waals surface area contributed by atoms with Crippen LogP contribution in [0.3, 0.4) is 0 Å². The monoisotopic (exact) mass is 423 g/mol. The molecular formula is C14H12F3N3O5S2. The van der Waals surface area contributed by atoms with Gasteiger partial charge in [0.15, 0.2) is 15.0 Å². The Hall–Kier alpha value is -2.41. The van der Waals surface area contributed by atoms with Gasteiger partial charge >= 0.3 is 12.1 Å². The molecule has 0 saturated carbocycles. The smallest absolute Gasteiger partial charge is 0.416 e. The number of alkyl halides is 3. The van der Waals surface area contributed by atoms with Crippen molar-refractivity contribution in [2.45, 2.75) is 22.7 Å². The van der Waals surface area contributed by atoms with Gasteiger partial charge < -0.3 is 10.4 Å². The number of carboxylic acids is 1. The molecule has 0 radical (unpaired) electrons. The maximum atomic E-state index is 12.8. The standard InChI is InChI=1S/C14H12F3N3O5S2/c1-27(24,25)10-3-2-8(14(15,16)17)4-7(10)6-18-20-13-19-12(23)9(26-13)5-11(21)22/h2-4,6,9H,5H2,1H3,(H,21,22)(H,19,20,23). The summed E-state index contributed by atoms with van der Waals surface area (Å²) >= 11 is 0.796. The Balaban J connectivity index is 2.30. The molecule has 0 aromatic heterocycles. The van der Waals surface area contributed by atoms with Gasteiger partial charge in [-0.05, 0) is 18.2 Å². The number of thioether (sulfide) groups is 1. The molecule has 13 heteroatoms. The number of hydrogen-bond acceptors (Lipinski definition) is 7. The number of sulfone groups is 1. The number of carboxylic acid groups (broad SMARTS) is 1. The van der Waals surface area contributed by atoms with Crippen LogP contribution >= 0.6 is 11.8 Å². The highest BCUT2D eigenvalue weighted by Crippen LogP contribution is 2.31. The van der Waals surface area contributed by atoms with Crippen LogP contribution in [0.4, 0.5) is 13.2 Å². The van der Waals surface area contributed by atoms with Crippen LogP contribution < -0.4 is 5.32 Å². The van der Waals surface area contributed by atoms with Crippen LogP contribution in [0.5, 0.6) is 0 Å². The first kappa shape index (κ1) is 20.9. The predicted octanol–water partition coefficient (Wildman–Crippen LogP) is 1.51. The van der Waals surface area contributed by atoms with E-state index in [0.717, 1.165) is 30.3 Å². The first-order valence-corrected chi connectivity index (χ1v) is 9.86.